The van der Waals surface area contributed by atoms with Crippen molar-refractivity contribution in [3.05, 3.63) is 46.2 Å². The molecule has 0 unspecified atom stereocenters. The number of nitrogen functional groups attached to an aromatic ring is 1. The Morgan fingerprint density at radius 1 is 1.17 bits per heavy atom. The predicted octanol–water partition coefficient (Wildman–Crippen LogP) is 3.07. The molecule has 3 aromatic rings. The summed E-state index contributed by atoms with van der Waals surface area (Å²) in [6.07, 6.45) is 1.96. The van der Waals surface area contributed by atoms with Crippen molar-refractivity contribution < 1.29 is 0 Å². The summed E-state index contributed by atoms with van der Waals surface area (Å²) in [6, 6.07) is 11.7. The zero-order valence-electron chi connectivity index (χ0n) is 9.25. The lowest BCUT2D eigenvalue weighted by molar-refractivity contribution is 0.921. The minimum Gasteiger partial charge on any atom is -0.399 e. The smallest absolute Gasteiger partial charge is 0.200 e. The van der Waals surface area contributed by atoms with Gasteiger partial charge in [0, 0.05) is 20.3 Å². The molecule has 0 saturated carbocycles. The molecule has 2 aromatic heterocycles. The molecule has 90 valence electrons. The molecule has 0 aliphatic carbocycles. The summed E-state index contributed by atoms with van der Waals surface area (Å²) < 4.78 is 3.09. The van der Waals surface area contributed by atoms with Crippen molar-refractivity contribution in [1.82, 2.24) is 14.6 Å². The number of rotatable bonds is 2. The fraction of sp³-hybridized carbons (Fsp3) is 0. The molecule has 0 saturated heterocycles. The molecule has 0 radical (unpaired) electrons. The third-order valence-corrected chi connectivity index (χ3v) is 4.73. The van der Waals surface area contributed by atoms with E-state index >= 15 is 0 Å². The maximum absolute atomic E-state index is 5.74. The monoisotopic (exact) mass is 368 g/mol. The number of pyridine rings is 1. The molecule has 0 spiro atoms. The van der Waals surface area contributed by atoms with Crippen LogP contribution in [0.15, 0.2) is 52.6 Å². The van der Waals surface area contributed by atoms with Crippen LogP contribution in [-0.2, 0) is 0 Å². The highest BCUT2D eigenvalue weighted by atomic mass is 127. The zero-order valence-corrected chi connectivity index (χ0v) is 12.2. The van der Waals surface area contributed by atoms with E-state index in [-0.39, 0.29) is 0 Å². The van der Waals surface area contributed by atoms with Crippen molar-refractivity contribution in [3.8, 4) is 0 Å². The van der Waals surface area contributed by atoms with Gasteiger partial charge in [0.2, 0.25) is 0 Å². The lowest BCUT2D eigenvalue weighted by Gasteiger charge is -2.03. The molecule has 4 nitrogen and oxygen atoms in total. The largest absolute Gasteiger partial charge is 0.399 e. The third kappa shape index (κ3) is 2.17. The van der Waals surface area contributed by atoms with Crippen LogP contribution in [0.3, 0.4) is 0 Å². The minimum atomic E-state index is 0.773. The first-order valence-corrected chi connectivity index (χ1v) is 7.16. The van der Waals surface area contributed by atoms with Gasteiger partial charge < -0.3 is 5.73 Å². The number of nitrogens with two attached hydrogens (primary N) is 1. The molecule has 0 atom stereocenters. The summed E-state index contributed by atoms with van der Waals surface area (Å²) in [7, 11) is 0. The molecule has 18 heavy (non-hydrogen) atoms. The van der Waals surface area contributed by atoms with Crippen LogP contribution in [0.1, 0.15) is 0 Å². The fourth-order valence-electron chi connectivity index (χ4n) is 1.59. The van der Waals surface area contributed by atoms with Gasteiger partial charge in [-0.1, -0.05) is 6.07 Å². The Balaban J connectivity index is 2.01. The van der Waals surface area contributed by atoms with Gasteiger partial charge in [0.15, 0.2) is 10.8 Å². The summed E-state index contributed by atoms with van der Waals surface area (Å²) in [5.41, 5.74) is 7.37. The molecule has 0 fully saturated rings. The average Bonchev–Trinajstić information content (AvgIpc) is 2.76. The van der Waals surface area contributed by atoms with Gasteiger partial charge in [0.1, 0.15) is 0 Å². The predicted molar refractivity (Wildman–Crippen MR) is 80.7 cm³/mol. The van der Waals surface area contributed by atoms with Crippen LogP contribution in [0.5, 0.6) is 0 Å². The maximum atomic E-state index is 5.74. The zero-order chi connectivity index (χ0) is 12.5. The van der Waals surface area contributed by atoms with Crippen LogP contribution in [-0.4, -0.2) is 14.6 Å². The third-order valence-electron chi connectivity index (χ3n) is 2.44. The number of fused-ring (bicyclic) bond motifs is 1. The molecule has 0 aliphatic heterocycles. The van der Waals surface area contributed by atoms with Crippen molar-refractivity contribution in [2.75, 3.05) is 5.73 Å². The van der Waals surface area contributed by atoms with E-state index in [1.54, 1.807) is 11.8 Å². The second-order valence-electron chi connectivity index (χ2n) is 3.70. The Morgan fingerprint density at radius 3 is 2.89 bits per heavy atom. The van der Waals surface area contributed by atoms with Gasteiger partial charge in [-0.15, -0.1) is 10.2 Å². The summed E-state index contributed by atoms with van der Waals surface area (Å²) in [5.74, 6) is 0. The van der Waals surface area contributed by atoms with Gasteiger partial charge >= 0.3 is 0 Å². The van der Waals surface area contributed by atoms with Crippen LogP contribution < -0.4 is 5.73 Å². The molecule has 2 heterocycles. The first-order chi connectivity index (χ1) is 8.74. The van der Waals surface area contributed by atoms with Crippen LogP contribution in [0, 0.1) is 3.57 Å². The Kier molecular flexibility index (Phi) is 3.13. The van der Waals surface area contributed by atoms with Crippen molar-refractivity contribution in [3.63, 3.8) is 0 Å². The Bertz CT molecular complexity index is 710. The van der Waals surface area contributed by atoms with Crippen molar-refractivity contribution in [1.29, 1.82) is 0 Å². The average molecular weight is 368 g/mol. The first-order valence-electron chi connectivity index (χ1n) is 5.27. The fourth-order valence-corrected chi connectivity index (χ4v) is 3.28. The second-order valence-corrected chi connectivity index (χ2v) is 5.87. The molecule has 0 aliphatic rings. The Morgan fingerprint density at radius 2 is 2.06 bits per heavy atom. The standard InChI is InChI=1S/C12H9IN4S/c13-9-7-8(14)4-5-10(9)18-12-16-15-11-3-1-2-6-17(11)12/h1-7H,14H2. The highest BCUT2D eigenvalue weighted by Crippen LogP contribution is 2.31. The highest BCUT2D eigenvalue weighted by Gasteiger charge is 2.09. The van der Waals surface area contributed by atoms with Gasteiger partial charge in [-0.3, -0.25) is 4.40 Å². The van der Waals surface area contributed by atoms with Crippen molar-refractivity contribution >= 4 is 45.7 Å². The van der Waals surface area contributed by atoms with E-state index in [0.29, 0.717) is 0 Å². The van der Waals surface area contributed by atoms with E-state index in [1.807, 2.05) is 47.0 Å². The molecule has 3 rings (SSSR count). The Hall–Kier alpha value is -1.28. The molecule has 0 bridgehead atoms. The normalized spacial score (nSPS) is 10.9. The summed E-state index contributed by atoms with van der Waals surface area (Å²) in [6.45, 7) is 0. The van der Waals surface area contributed by atoms with Gasteiger partial charge in [0.05, 0.1) is 0 Å². The van der Waals surface area contributed by atoms with Gasteiger partial charge in [-0.25, -0.2) is 0 Å². The van der Waals surface area contributed by atoms with E-state index in [4.69, 9.17) is 5.73 Å². The molecular formula is C12H9IN4S. The lowest BCUT2D eigenvalue weighted by atomic mass is 10.3. The Labute approximate surface area is 122 Å². The highest BCUT2D eigenvalue weighted by molar-refractivity contribution is 14.1. The molecule has 0 amide bonds. The van der Waals surface area contributed by atoms with E-state index in [0.717, 1.165) is 25.0 Å². The topological polar surface area (TPSA) is 56.2 Å². The van der Waals surface area contributed by atoms with Crippen LogP contribution in [0.4, 0.5) is 5.69 Å². The SMILES string of the molecule is Nc1ccc(Sc2nnc3ccccn23)c(I)c1. The van der Waals surface area contributed by atoms with Gasteiger partial charge in [0.25, 0.3) is 0 Å². The minimum absolute atomic E-state index is 0.773. The maximum Gasteiger partial charge on any atom is 0.200 e. The van der Waals surface area contributed by atoms with E-state index in [1.165, 1.54) is 0 Å². The molecule has 2 N–H and O–H groups in total. The van der Waals surface area contributed by atoms with Crippen molar-refractivity contribution in [2.45, 2.75) is 10.1 Å². The first kappa shape index (κ1) is 11.8. The number of benzene rings is 1. The number of hydrogen-bond donors (Lipinski definition) is 1. The number of aromatic nitrogens is 3. The van der Waals surface area contributed by atoms with E-state index < -0.39 is 0 Å². The summed E-state index contributed by atoms with van der Waals surface area (Å²) >= 11 is 3.86. The number of nitrogens with zero attached hydrogens (tertiary/aromatic N) is 3. The van der Waals surface area contributed by atoms with Gasteiger partial charge in [-0.2, -0.15) is 0 Å². The molecule has 1 aromatic carbocycles. The molecular weight excluding hydrogens is 359 g/mol. The van der Waals surface area contributed by atoms with Gasteiger partial charge in [-0.05, 0) is 64.7 Å². The quantitative estimate of drug-likeness (QED) is 0.558. The summed E-state index contributed by atoms with van der Waals surface area (Å²) in [5, 5.41) is 9.18. The molecule has 6 heteroatoms. The number of hydrogen-bond acceptors (Lipinski definition) is 4. The summed E-state index contributed by atoms with van der Waals surface area (Å²) in [4.78, 5) is 1.13. The van der Waals surface area contributed by atoms with E-state index in [2.05, 4.69) is 32.8 Å². The van der Waals surface area contributed by atoms with Crippen LogP contribution >= 0.6 is 34.4 Å². The second kappa shape index (κ2) is 4.77. The van der Waals surface area contributed by atoms with E-state index in [9.17, 15) is 0 Å². The van der Waals surface area contributed by atoms with Crippen molar-refractivity contribution in [2.24, 2.45) is 0 Å². The van der Waals surface area contributed by atoms with Crippen LogP contribution in [0.25, 0.3) is 5.65 Å². The number of anilines is 1. The number of halogens is 1. The lowest BCUT2D eigenvalue weighted by Crippen LogP contribution is -1.89. The van der Waals surface area contributed by atoms with Crippen LogP contribution in [0.2, 0.25) is 0 Å².